The number of aliphatic carboxylic acids is 1. The second kappa shape index (κ2) is 6.50. The Bertz CT molecular complexity index is 494. The van der Waals surface area contributed by atoms with Crippen LogP contribution in [0, 0.1) is 17.2 Å². The molecule has 1 aromatic rings. The summed E-state index contributed by atoms with van der Waals surface area (Å²) >= 11 is 0. The van der Waals surface area contributed by atoms with Crippen molar-refractivity contribution in [2.45, 2.75) is 27.2 Å². The Morgan fingerprint density at radius 3 is 2.40 bits per heavy atom. The van der Waals surface area contributed by atoms with E-state index in [2.05, 4.69) is 5.32 Å². The van der Waals surface area contributed by atoms with Crippen LogP contribution < -0.4 is 5.32 Å². The van der Waals surface area contributed by atoms with E-state index < -0.39 is 17.7 Å². The first-order valence-electron chi connectivity index (χ1n) is 6.46. The molecule has 0 bridgehead atoms. The number of benzene rings is 1. The van der Waals surface area contributed by atoms with Crippen LogP contribution in [-0.2, 0) is 4.79 Å². The minimum atomic E-state index is -0.912. The van der Waals surface area contributed by atoms with Crippen LogP contribution in [0.3, 0.4) is 0 Å². The molecule has 0 aliphatic carbocycles. The van der Waals surface area contributed by atoms with E-state index in [0.717, 1.165) is 0 Å². The first-order chi connectivity index (χ1) is 9.21. The van der Waals surface area contributed by atoms with Gasteiger partial charge in [-0.3, -0.25) is 9.59 Å². The van der Waals surface area contributed by atoms with Crippen molar-refractivity contribution in [2.75, 3.05) is 6.54 Å². The highest BCUT2D eigenvalue weighted by molar-refractivity contribution is 5.94. The van der Waals surface area contributed by atoms with Gasteiger partial charge >= 0.3 is 5.97 Å². The molecule has 1 unspecified atom stereocenters. The number of halogens is 1. The molecule has 0 radical (unpaired) electrons. The predicted octanol–water partition coefficient (Wildman–Crippen LogP) is 2.69. The van der Waals surface area contributed by atoms with E-state index in [-0.39, 0.29) is 29.9 Å². The molecule has 20 heavy (non-hydrogen) atoms. The van der Waals surface area contributed by atoms with Crippen LogP contribution in [0.1, 0.15) is 37.6 Å². The Kier molecular flexibility index (Phi) is 5.25. The third-order valence-electron chi connectivity index (χ3n) is 3.27. The molecular weight excluding hydrogens is 261 g/mol. The molecule has 0 aliphatic rings. The molecule has 110 valence electrons. The molecule has 1 aromatic carbocycles. The second-order valence-corrected chi connectivity index (χ2v) is 5.85. The molecule has 1 rings (SSSR count). The number of rotatable bonds is 5. The summed E-state index contributed by atoms with van der Waals surface area (Å²) < 4.78 is 13.5. The highest BCUT2D eigenvalue weighted by Gasteiger charge is 2.27. The molecule has 1 atom stereocenters. The number of carboxylic acids is 1. The third kappa shape index (κ3) is 4.64. The lowest BCUT2D eigenvalue weighted by molar-refractivity contribution is -0.139. The van der Waals surface area contributed by atoms with Crippen molar-refractivity contribution in [1.29, 1.82) is 0 Å². The summed E-state index contributed by atoms with van der Waals surface area (Å²) in [4.78, 5) is 22.7. The molecule has 1 amide bonds. The van der Waals surface area contributed by atoms with Gasteiger partial charge in [0.2, 0.25) is 0 Å². The Balaban J connectivity index is 2.71. The van der Waals surface area contributed by atoms with Crippen LogP contribution in [-0.4, -0.2) is 23.5 Å². The molecule has 4 nitrogen and oxygen atoms in total. The van der Waals surface area contributed by atoms with Gasteiger partial charge in [-0.1, -0.05) is 32.9 Å². The van der Waals surface area contributed by atoms with E-state index in [4.69, 9.17) is 5.11 Å². The minimum Gasteiger partial charge on any atom is -0.481 e. The number of amides is 1. The molecule has 0 saturated carbocycles. The van der Waals surface area contributed by atoms with E-state index in [1.807, 2.05) is 20.8 Å². The Morgan fingerprint density at radius 1 is 1.30 bits per heavy atom. The summed E-state index contributed by atoms with van der Waals surface area (Å²) in [5.41, 5.74) is -0.295. The average Bonchev–Trinajstić information content (AvgIpc) is 2.33. The SMILES string of the molecule is CC(C)(C)C(CNC(=O)c1ccccc1F)CC(=O)O. The van der Waals surface area contributed by atoms with E-state index in [0.29, 0.717) is 0 Å². The molecule has 5 heteroatoms. The lowest BCUT2D eigenvalue weighted by Crippen LogP contribution is -2.36. The number of nitrogens with one attached hydrogen (secondary N) is 1. The van der Waals surface area contributed by atoms with Crippen LogP contribution in [0.2, 0.25) is 0 Å². The fraction of sp³-hybridized carbons (Fsp3) is 0.467. The number of carbonyl (C=O) groups excluding carboxylic acids is 1. The maximum absolute atomic E-state index is 13.5. The lowest BCUT2D eigenvalue weighted by atomic mass is 9.78. The van der Waals surface area contributed by atoms with Gasteiger partial charge in [-0.25, -0.2) is 4.39 Å². The quantitative estimate of drug-likeness (QED) is 0.872. The van der Waals surface area contributed by atoms with E-state index in [1.165, 1.54) is 18.2 Å². The third-order valence-corrected chi connectivity index (χ3v) is 3.27. The van der Waals surface area contributed by atoms with Crippen LogP contribution in [0.5, 0.6) is 0 Å². The summed E-state index contributed by atoms with van der Waals surface area (Å²) in [6, 6.07) is 5.70. The fourth-order valence-electron chi connectivity index (χ4n) is 1.85. The van der Waals surface area contributed by atoms with E-state index >= 15 is 0 Å². The minimum absolute atomic E-state index is 0.0320. The molecular formula is C15H20FNO3. The second-order valence-electron chi connectivity index (χ2n) is 5.85. The van der Waals surface area contributed by atoms with Crippen LogP contribution in [0.4, 0.5) is 4.39 Å². The first kappa shape index (κ1) is 16.1. The lowest BCUT2D eigenvalue weighted by Gasteiger charge is -2.29. The summed E-state index contributed by atoms with van der Waals surface area (Å²) in [5, 5.41) is 11.5. The first-order valence-corrected chi connectivity index (χ1v) is 6.46. The number of carboxylic acid groups (broad SMARTS) is 1. The molecule has 0 aromatic heterocycles. The van der Waals surface area contributed by atoms with E-state index in [1.54, 1.807) is 6.07 Å². The number of carbonyl (C=O) groups is 2. The van der Waals surface area contributed by atoms with Gasteiger partial charge in [0.1, 0.15) is 5.82 Å². The van der Waals surface area contributed by atoms with Crippen molar-refractivity contribution in [2.24, 2.45) is 11.3 Å². The van der Waals surface area contributed by atoms with Crippen molar-refractivity contribution in [1.82, 2.24) is 5.32 Å². The normalized spacial score (nSPS) is 12.8. The molecule has 0 heterocycles. The monoisotopic (exact) mass is 281 g/mol. The summed E-state index contributed by atoms with van der Waals surface area (Å²) in [6.07, 6.45) is -0.0406. The summed E-state index contributed by atoms with van der Waals surface area (Å²) in [7, 11) is 0. The van der Waals surface area contributed by atoms with Crippen molar-refractivity contribution in [3.05, 3.63) is 35.6 Å². The molecule has 0 aliphatic heterocycles. The summed E-state index contributed by atoms with van der Waals surface area (Å²) in [6.45, 7) is 5.94. The maximum Gasteiger partial charge on any atom is 0.303 e. The topological polar surface area (TPSA) is 66.4 Å². The molecule has 0 spiro atoms. The highest BCUT2D eigenvalue weighted by atomic mass is 19.1. The largest absolute Gasteiger partial charge is 0.481 e. The van der Waals surface area contributed by atoms with E-state index in [9.17, 15) is 14.0 Å². The van der Waals surface area contributed by atoms with Crippen LogP contribution >= 0.6 is 0 Å². The van der Waals surface area contributed by atoms with Crippen molar-refractivity contribution in [3.8, 4) is 0 Å². The van der Waals surface area contributed by atoms with Crippen molar-refractivity contribution < 1.29 is 19.1 Å². The maximum atomic E-state index is 13.5. The van der Waals surface area contributed by atoms with Crippen molar-refractivity contribution >= 4 is 11.9 Å². The van der Waals surface area contributed by atoms with Gasteiger partial charge in [0, 0.05) is 6.54 Å². The zero-order chi connectivity index (χ0) is 15.3. The molecule has 0 fully saturated rings. The Hall–Kier alpha value is -1.91. The molecule has 0 saturated heterocycles. The average molecular weight is 281 g/mol. The Labute approximate surface area is 118 Å². The Morgan fingerprint density at radius 2 is 1.90 bits per heavy atom. The number of hydrogen-bond donors (Lipinski definition) is 2. The van der Waals surface area contributed by atoms with Gasteiger partial charge < -0.3 is 10.4 Å². The van der Waals surface area contributed by atoms with Crippen LogP contribution in [0.15, 0.2) is 24.3 Å². The van der Waals surface area contributed by atoms with Gasteiger partial charge in [0.05, 0.1) is 12.0 Å². The zero-order valence-electron chi connectivity index (χ0n) is 11.9. The predicted molar refractivity (Wildman–Crippen MR) is 73.9 cm³/mol. The zero-order valence-corrected chi connectivity index (χ0v) is 11.9. The van der Waals surface area contributed by atoms with Gasteiger partial charge in [0.25, 0.3) is 5.91 Å². The molecule has 2 N–H and O–H groups in total. The van der Waals surface area contributed by atoms with Crippen molar-refractivity contribution in [3.63, 3.8) is 0 Å². The highest BCUT2D eigenvalue weighted by Crippen LogP contribution is 2.28. The fourth-order valence-corrected chi connectivity index (χ4v) is 1.85. The summed E-state index contributed by atoms with van der Waals surface area (Å²) in [5.74, 6) is -2.25. The van der Waals surface area contributed by atoms with Gasteiger partial charge in [-0.2, -0.15) is 0 Å². The number of hydrogen-bond acceptors (Lipinski definition) is 2. The van der Waals surface area contributed by atoms with Gasteiger partial charge in [0.15, 0.2) is 0 Å². The van der Waals surface area contributed by atoms with Crippen LogP contribution in [0.25, 0.3) is 0 Å². The standard InChI is InChI=1S/C15H20FNO3/c1-15(2,3)10(8-13(18)19)9-17-14(20)11-6-4-5-7-12(11)16/h4-7,10H,8-9H2,1-3H3,(H,17,20)(H,18,19). The smallest absolute Gasteiger partial charge is 0.303 e. The van der Waals surface area contributed by atoms with Gasteiger partial charge in [-0.05, 0) is 23.5 Å². The van der Waals surface area contributed by atoms with Gasteiger partial charge in [-0.15, -0.1) is 0 Å².